The summed E-state index contributed by atoms with van der Waals surface area (Å²) in [4.78, 5) is 27.6. The van der Waals surface area contributed by atoms with Crippen molar-refractivity contribution in [1.29, 1.82) is 0 Å². The molecule has 1 amide bonds. The number of carbonyl (C=O) groups is 1. The molecule has 0 fully saturated rings. The van der Waals surface area contributed by atoms with Crippen molar-refractivity contribution < 1.29 is 18.0 Å². The van der Waals surface area contributed by atoms with Gasteiger partial charge in [0.2, 0.25) is 0 Å². The SMILES string of the molecule is CC(CNC(=O)c1cc(C(F)(F)F)c[nH]c1=O)N(C)c1ccccc1. The Morgan fingerprint density at radius 2 is 1.92 bits per heavy atom. The first-order valence-corrected chi connectivity index (χ1v) is 7.56. The second-order valence-electron chi connectivity index (χ2n) is 5.63. The number of likely N-dealkylation sites (N-methyl/N-ethyl adjacent to an activating group) is 1. The Hall–Kier alpha value is -2.77. The fourth-order valence-electron chi connectivity index (χ4n) is 2.21. The number of rotatable bonds is 5. The summed E-state index contributed by atoms with van der Waals surface area (Å²) in [5.74, 6) is -0.847. The molecule has 0 radical (unpaired) electrons. The summed E-state index contributed by atoms with van der Waals surface area (Å²) in [6.45, 7) is 2.02. The molecule has 134 valence electrons. The number of carbonyl (C=O) groups excluding carboxylic acids is 1. The minimum absolute atomic E-state index is 0.128. The topological polar surface area (TPSA) is 65.2 Å². The molecule has 0 saturated heterocycles. The number of hydrogen-bond acceptors (Lipinski definition) is 3. The third kappa shape index (κ3) is 4.62. The molecule has 5 nitrogen and oxygen atoms in total. The highest BCUT2D eigenvalue weighted by molar-refractivity contribution is 5.94. The van der Waals surface area contributed by atoms with Crippen molar-refractivity contribution in [2.45, 2.75) is 19.1 Å². The number of H-pyrrole nitrogens is 1. The Balaban J connectivity index is 2.06. The molecule has 8 heteroatoms. The predicted molar refractivity (Wildman–Crippen MR) is 88.7 cm³/mol. The Kier molecular flexibility index (Phi) is 5.51. The number of pyridine rings is 1. The molecule has 0 spiro atoms. The maximum atomic E-state index is 12.7. The van der Waals surface area contributed by atoms with Crippen molar-refractivity contribution >= 4 is 11.6 Å². The first-order valence-electron chi connectivity index (χ1n) is 7.56. The Bertz CT molecular complexity index is 788. The number of para-hydroxylation sites is 1. The van der Waals surface area contributed by atoms with Crippen LogP contribution in [-0.2, 0) is 6.18 Å². The van der Waals surface area contributed by atoms with Gasteiger partial charge in [-0.05, 0) is 25.1 Å². The molecule has 2 rings (SSSR count). The van der Waals surface area contributed by atoms with Gasteiger partial charge in [0.1, 0.15) is 5.56 Å². The quantitative estimate of drug-likeness (QED) is 0.869. The third-order valence-corrected chi connectivity index (χ3v) is 3.86. The maximum absolute atomic E-state index is 12.7. The standard InChI is InChI=1S/C17H18F3N3O2/c1-11(23(2)13-6-4-3-5-7-13)9-21-15(24)14-8-12(17(18,19)20)10-22-16(14)25/h3-8,10-11H,9H2,1-2H3,(H,21,24)(H,22,25). The van der Waals surface area contributed by atoms with Crippen LogP contribution in [0.3, 0.4) is 0 Å². The van der Waals surface area contributed by atoms with Crippen molar-refractivity contribution in [2.24, 2.45) is 0 Å². The van der Waals surface area contributed by atoms with E-state index >= 15 is 0 Å². The van der Waals surface area contributed by atoms with E-state index in [0.29, 0.717) is 12.3 Å². The highest BCUT2D eigenvalue weighted by Crippen LogP contribution is 2.28. The molecule has 0 saturated carbocycles. The van der Waals surface area contributed by atoms with E-state index in [4.69, 9.17) is 0 Å². The van der Waals surface area contributed by atoms with E-state index in [9.17, 15) is 22.8 Å². The molecular formula is C17H18F3N3O2. The van der Waals surface area contributed by atoms with Gasteiger partial charge in [-0.25, -0.2) is 0 Å². The molecule has 1 aromatic carbocycles. The lowest BCUT2D eigenvalue weighted by atomic mass is 10.1. The van der Waals surface area contributed by atoms with Gasteiger partial charge in [0.25, 0.3) is 11.5 Å². The maximum Gasteiger partial charge on any atom is 0.417 e. The summed E-state index contributed by atoms with van der Waals surface area (Å²) in [7, 11) is 1.84. The summed E-state index contributed by atoms with van der Waals surface area (Å²) < 4.78 is 38.1. The molecule has 1 unspecified atom stereocenters. The van der Waals surface area contributed by atoms with Gasteiger partial charge >= 0.3 is 6.18 Å². The van der Waals surface area contributed by atoms with Gasteiger partial charge in [0.05, 0.1) is 5.56 Å². The number of alkyl halides is 3. The molecule has 25 heavy (non-hydrogen) atoms. The Labute approximate surface area is 142 Å². The number of aromatic amines is 1. The van der Waals surface area contributed by atoms with Crippen LogP contribution in [0.2, 0.25) is 0 Å². The zero-order valence-corrected chi connectivity index (χ0v) is 13.7. The summed E-state index contributed by atoms with van der Waals surface area (Å²) in [6.07, 6.45) is -4.09. The van der Waals surface area contributed by atoms with Crippen LogP contribution < -0.4 is 15.8 Å². The summed E-state index contributed by atoms with van der Waals surface area (Å²) in [6, 6.07) is 9.85. The molecule has 1 aromatic heterocycles. The Morgan fingerprint density at radius 1 is 1.28 bits per heavy atom. The van der Waals surface area contributed by atoms with E-state index in [-0.39, 0.29) is 12.6 Å². The van der Waals surface area contributed by atoms with E-state index in [1.54, 1.807) is 0 Å². The van der Waals surface area contributed by atoms with E-state index < -0.39 is 28.8 Å². The molecule has 0 aliphatic carbocycles. The summed E-state index contributed by atoms with van der Waals surface area (Å²) in [5.41, 5.74) is -1.58. The lowest BCUT2D eigenvalue weighted by Gasteiger charge is -2.27. The number of benzene rings is 1. The third-order valence-electron chi connectivity index (χ3n) is 3.86. The van der Waals surface area contributed by atoms with Crippen LogP contribution in [-0.4, -0.2) is 30.5 Å². The second-order valence-corrected chi connectivity index (χ2v) is 5.63. The number of nitrogens with one attached hydrogen (secondary N) is 2. The fraction of sp³-hybridized carbons (Fsp3) is 0.294. The second kappa shape index (κ2) is 7.42. The summed E-state index contributed by atoms with van der Waals surface area (Å²) >= 11 is 0. The number of amides is 1. The number of anilines is 1. The molecular weight excluding hydrogens is 335 g/mol. The van der Waals surface area contributed by atoms with Gasteiger partial charge in [-0.1, -0.05) is 18.2 Å². The molecule has 0 aliphatic heterocycles. The minimum Gasteiger partial charge on any atom is -0.370 e. The van der Waals surface area contributed by atoms with E-state index in [0.717, 1.165) is 5.69 Å². The van der Waals surface area contributed by atoms with E-state index in [1.165, 1.54) is 0 Å². The van der Waals surface area contributed by atoms with E-state index in [1.807, 2.05) is 54.2 Å². The first kappa shape index (κ1) is 18.6. The molecule has 2 aromatic rings. The molecule has 1 heterocycles. The van der Waals surface area contributed by atoms with Crippen molar-refractivity contribution in [3.8, 4) is 0 Å². The van der Waals surface area contributed by atoms with Crippen molar-refractivity contribution in [1.82, 2.24) is 10.3 Å². The van der Waals surface area contributed by atoms with Crippen molar-refractivity contribution in [3.05, 3.63) is 64.1 Å². The van der Waals surface area contributed by atoms with Crippen molar-refractivity contribution in [2.75, 3.05) is 18.5 Å². The van der Waals surface area contributed by atoms with Gasteiger partial charge < -0.3 is 15.2 Å². The lowest BCUT2D eigenvalue weighted by molar-refractivity contribution is -0.137. The highest BCUT2D eigenvalue weighted by Gasteiger charge is 2.32. The lowest BCUT2D eigenvalue weighted by Crippen LogP contribution is -2.41. The monoisotopic (exact) mass is 353 g/mol. The van der Waals surface area contributed by atoms with Gasteiger partial charge in [-0.15, -0.1) is 0 Å². The average Bonchev–Trinajstić information content (AvgIpc) is 2.58. The van der Waals surface area contributed by atoms with Gasteiger partial charge in [0, 0.05) is 31.5 Å². The molecule has 1 atom stereocenters. The molecule has 2 N–H and O–H groups in total. The number of nitrogens with zero attached hydrogens (tertiary/aromatic N) is 1. The van der Waals surface area contributed by atoms with Crippen LogP contribution in [0.25, 0.3) is 0 Å². The smallest absolute Gasteiger partial charge is 0.370 e. The summed E-state index contributed by atoms with van der Waals surface area (Å²) in [5, 5.41) is 2.50. The Morgan fingerprint density at radius 3 is 2.52 bits per heavy atom. The van der Waals surface area contributed by atoms with Crippen molar-refractivity contribution in [3.63, 3.8) is 0 Å². The minimum atomic E-state index is -4.64. The molecule has 0 aliphatic rings. The zero-order chi connectivity index (χ0) is 18.6. The molecule has 0 bridgehead atoms. The predicted octanol–water partition coefficient (Wildman–Crippen LogP) is 2.65. The fourth-order valence-corrected chi connectivity index (χ4v) is 2.21. The van der Waals surface area contributed by atoms with Crippen LogP contribution in [0, 0.1) is 0 Å². The zero-order valence-electron chi connectivity index (χ0n) is 13.7. The average molecular weight is 353 g/mol. The van der Waals surface area contributed by atoms with Crippen LogP contribution in [0.4, 0.5) is 18.9 Å². The van der Waals surface area contributed by atoms with Gasteiger partial charge in [0.15, 0.2) is 0 Å². The highest BCUT2D eigenvalue weighted by atomic mass is 19.4. The van der Waals surface area contributed by atoms with Gasteiger partial charge in [-0.2, -0.15) is 13.2 Å². The van der Waals surface area contributed by atoms with Crippen LogP contribution in [0.1, 0.15) is 22.8 Å². The van der Waals surface area contributed by atoms with Crippen LogP contribution >= 0.6 is 0 Å². The van der Waals surface area contributed by atoms with Gasteiger partial charge in [-0.3, -0.25) is 9.59 Å². The largest absolute Gasteiger partial charge is 0.417 e. The first-order chi connectivity index (χ1) is 11.7. The normalized spacial score (nSPS) is 12.5. The van der Waals surface area contributed by atoms with Crippen LogP contribution in [0.15, 0.2) is 47.4 Å². The number of halogens is 3. The number of hydrogen-bond donors (Lipinski definition) is 2. The van der Waals surface area contributed by atoms with E-state index in [2.05, 4.69) is 5.32 Å². The number of aromatic nitrogens is 1. The van der Waals surface area contributed by atoms with Crippen LogP contribution in [0.5, 0.6) is 0 Å².